The van der Waals surface area contributed by atoms with Crippen molar-refractivity contribution >= 4 is 11.5 Å². The van der Waals surface area contributed by atoms with E-state index in [1.807, 2.05) is 50.4 Å². The minimum Gasteiger partial charge on any atom is -0.396 e. The SMILES string of the molecule is CC1(C)OC2C(CO)CC(Nc3ccncc3C(=O)c3ccn(Cc4ccccc4)n3)C2O1. The Morgan fingerprint density at radius 2 is 1.97 bits per heavy atom. The number of pyridine rings is 1. The first-order valence-electron chi connectivity index (χ1n) is 11.2. The summed E-state index contributed by atoms with van der Waals surface area (Å²) < 4.78 is 13.9. The number of fused-ring (bicyclic) bond motifs is 1. The van der Waals surface area contributed by atoms with E-state index in [4.69, 9.17) is 9.47 Å². The minimum absolute atomic E-state index is 0.0241. The lowest BCUT2D eigenvalue weighted by Crippen LogP contribution is -2.34. The highest BCUT2D eigenvalue weighted by Crippen LogP contribution is 2.42. The van der Waals surface area contributed by atoms with Gasteiger partial charge in [-0.2, -0.15) is 5.10 Å². The molecule has 1 aliphatic carbocycles. The van der Waals surface area contributed by atoms with E-state index in [9.17, 15) is 9.90 Å². The Kier molecular flexibility index (Phi) is 5.74. The molecule has 4 unspecified atom stereocenters. The molecule has 172 valence electrons. The third kappa shape index (κ3) is 4.42. The normalized spacial score (nSPS) is 25.7. The highest BCUT2D eigenvalue weighted by atomic mass is 16.8. The van der Waals surface area contributed by atoms with E-state index in [0.29, 0.717) is 29.9 Å². The fraction of sp³-hybridized carbons (Fsp3) is 0.400. The van der Waals surface area contributed by atoms with Crippen LogP contribution in [0.25, 0.3) is 0 Å². The second-order valence-corrected chi connectivity index (χ2v) is 9.13. The first-order valence-corrected chi connectivity index (χ1v) is 11.2. The van der Waals surface area contributed by atoms with Gasteiger partial charge in [-0.15, -0.1) is 0 Å². The second kappa shape index (κ2) is 8.70. The van der Waals surface area contributed by atoms with Crippen LogP contribution in [0.2, 0.25) is 0 Å². The van der Waals surface area contributed by atoms with Gasteiger partial charge in [-0.25, -0.2) is 0 Å². The van der Waals surface area contributed by atoms with Gasteiger partial charge in [-0.05, 0) is 38.0 Å². The summed E-state index contributed by atoms with van der Waals surface area (Å²) in [5, 5.41) is 17.8. The molecule has 2 N–H and O–H groups in total. The molecule has 5 rings (SSSR count). The van der Waals surface area contributed by atoms with Gasteiger partial charge in [0.1, 0.15) is 11.8 Å². The zero-order valence-corrected chi connectivity index (χ0v) is 18.7. The fourth-order valence-corrected chi connectivity index (χ4v) is 4.79. The molecule has 0 bridgehead atoms. The lowest BCUT2D eigenvalue weighted by Gasteiger charge is -2.24. The molecule has 2 fully saturated rings. The molecule has 2 aromatic heterocycles. The number of ether oxygens (including phenoxy) is 2. The fourth-order valence-electron chi connectivity index (χ4n) is 4.79. The molecule has 8 heteroatoms. The third-order valence-corrected chi connectivity index (χ3v) is 6.28. The van der Waals surface area contributed by atoms with Gasteiger partial charge in [0, 0.05) is 36.8 Å². The van der Waals surface area contributed by atoms with E-state index < -0.39 is 5.79 Å². The monoisotopic (exact) mass is 448 g/mol. The van der Waals surface area contributed by atoms with Crippen LogP contribution in [0.5, 0.6) is 0 Å². The van der Waals surface area contributed by atoms with Crippen LogP contribution in [0, 0.1) is 5.92 Å². The highest BCUT2D eigenvalue weighted by molar-refractivity contribution is 6.11. The maximum absolute atomic E-state index is 13.3. The summed E-state index contributed by atoms with van der Waals surface area (Å²) in [6.45, 7) is 4.38. The van der Waals surface area contributed by atoms with Gasteiger partial charge in [0.05, 0.1) is 24.3 Å². The largest absolute Gasteiger partial charge is 0.396 e. The number of aliphatic hydroxyl groups excluding tert-OH is 1. The molecular formula is C25H28N4O4. The molecule has 0 radical (unpaired) electrons. The predicted octanol–water partition coefficient (Wildman–Crippen LogP) is 2.87. The number of rotatable bonds is 7. The number of nitrogens with one attached hydrogen (secondary N) is 1. The van der Waals surface area contributed by atoms with E-state index in [2.05, 4.69) is 15.4 Å². The number of hydrogen-bond acceptors (Lipinski definition) is 7. The van der Waals surface area contributed by atoms with Crippen LogP contribution in [0.1, 0.15) is 41.9 Å². The van der Waals surface area contributed by atoms with Gasteiger partial charge in [0.2, 0.25) is 5.78 Å². The first kappa shape index (κ1) is 21.8. The summed E-state index contributed by atoms with van der Waals surface area (Å²) in [7, 11) is 0. The summed E-state index contributed by atoms with van der Waals surface area (Å²) in [5.41, 5.74) is 2.59. The Hall–Kier alpha value is -3.07. The highest BCUT2D eigenvalue weighted by Gasteiger charge is 2.53. The van der Waals surface area contributed by atoms with Crippen molar-refractivity contribution in [2.24, 2.45) is 5.92 Å². The lowest BCUT2D eigenvalue weighted by atomic mass is 10.1. The van der Waals surface area contributed by atoms with Gasteiger partial charge in [-0.3, -0.25) is 14.5 Å². The maximum Gasteiger partial charge on any atom is 0.216 e. The number of anilines is 1. The number of aliphatic hydroxyl groups is 1. The predicted molar refractivity (Wildman–Crippen MR) is 122 cm³/mol. The molecule has 4 atom stereocenters. The lowest BCUT2D eigenvalue weighted by molar-refractivity contribution is -0.158. The Labute approximate surface area is 192 Å². The smallest absolute Gasteiger partial charge is 0.216 e. The third-order valence-electron chi connectivity index (χ3n) is 6.28. The molecule has 1 saturated heterocycles. The van der Waals surface area contributed by atoms with Gasteiger partial charge in [0.15, 0.2) is 5.79 Å². The average molecular weight is 449 g/mol. The van der Waals surface area contributed by atoms with Crippen LogP contribution in [-0.2, 0) is 16.0 Å². The first-order chi connectivity index (χ1) is 15.9. The molecular weight excluding hydrogens is 420 g/mol. The van der Waals surface area contributed by atoms with E-state index in [1.54, 1.807) is 29.2 Å². The standard InChI is InChI=1S/C25H28N4O4/c1-25(2)32-23-17(15-30)12-21(24(23)33-25)27-19-8-10-26-13-18(19)22(31)20-9-11-29(28-20)14-16-6-4-3-5-7-16/h3-11,13,17,21,23-24,30H,12,14-15H2,1-2H3,(H,26,27). The number of benzene rings is 1. The van der Waals surface area contributed by atoms with E-state index in [-0.39, 0.29) is 36.6 Å². The van der Waals surface area contributed by atoms with Crippen molar-refractivity contribution in [1.82, 2.24) is 14.8 Å². The van der Waals surface area contributed by atoms with Crippen molar-refractivity contribution < 1.29 is 19.4 Å². The van der Waals surface area contributed by atoms with E-state index >= 15 is 0 Å². The van der Waals surface area contributed by atoms with Crippen LogP contribution in [0.3, 0.4) is 0 Å². The molecule has 1 aliphatic heterocycles. The number of hydrogen-bond donors (Lipinski definition) is 2. The number of carbonyl (C=O) groups is 1. The summed E-state index contributed by atoms with van der Waals surface area (Å²) in [5.74, 6) is -0.926. The molecule has 33 heavy (non-hydrogen) atoms. The van der Waals surface area contributed by atoms with Crippen molar-refractivity contribution in [3.8, 4) is 0 Å². The maximum atomic E-state index is 13.3. The molecule has 3 aromatic rings. The van der Waals surface area contributed by atoms with Crippen molar-refractivity contribution in [2.45, 2.75) is 50.8 Å². The van der Waals surface area contributed by atoms with Crippen molar-refractivity contribution in [3.05, 3.63) is 77.9 Å². The molecule has 3 heterocycles. The van der Waals surface area contributed by atoms with Crippen molar-refractivity contribution in [2.75, 3.05) is 11.9 Å². The van der Waals surface area contributed by atoms with E-state index in [0.717, 1.165) is 5.56 Å². The minimum atomic E-state index is -0.703. The van der Waals surface area contributed by atoms with Gasteiger partial charge >= 0.3 is 0 Å². The molecule has 1 aromatic carbocycles. The topological polar surface area (TPSA) is 98.5 Å². The van der Waals surface area contributed by atoms with Crippen LogP contribution in [0.4, 0.5) is 5.69 Å². The van der Waals surface area contributed by atoms with Crippen LogP contribution in [0.15, 0.2) is 61.1 Å². The summed E-state index contributed by atoms with van der Waals surface area (Å²) in [6, 6.07) is 13.4. The Morgan fingerprint density at radius 3 is 2.76 bits per heavy atom. The van der Waals surface area contributed by atoms with Crippen LogP contribution >= 0.6 is 0 Å². The Morgan fingerprint density at radius 1 is 1.18 bits per heavy atom. The molecule has 0 amide bonds. The Balaban J connectivity index is 1.35. The van der Waals surface area contributed by atoms with Crippen LogP contribution in [-0.4, -0.2) is 56.3 Å². The van der Waals surface area contributed by atoms with Gasteiger partial charge < -0.3 is 19.9 Å². The number of ketones is 1. The van der Waals surface area contributed by atoms with Gasteiger partial charge in [-0.1, -0.05) is 30.3 Å². The molecule has 0 spiro atoms. The van der Waals surface area contributed by atoms with Crippen LogP contribution < -0.4 is 5.32 Å². The quantitative estimate of drug-likeness (QED) is 0.536. The zero-order chi connectivity index (χ0) is 23.0. The van der Waals surface area contributed by atoms with Crippen molar-refractivity contribution in [1.29, 1.82) is 0 Å². The zero-order valence-electron chi connectivity index (χ0n) is 18.7. The molecule has 8 nitrogen and oxygen atoms in total. The van der Waals surface area contributed by atoms with Gasteiger partial charge in [0.25, 0.3) is 0 Å². The van der Waals surface area contributed by atoms with Crippen molar-refractivity contribution in [3.63, 3.8) is 0 Å². The number of aromatic nitrogens is 3. The summed E-state index contributed by atoms with van der Waals surface area (Å²) >= 11 is 0. The summed E-state index contributed by atoms with van der Waals surface area (Å²) in [4.78, 5) is 17.5. The second-order valence-electron chi connectivity index (χ2n) is 9.13. The van der Waals surface area contributed by atoms with E-state index in [1.165, 1.54) is 0 Å². The molecule has 2 aliphatic rings. The summed E-state index contributed by atoms with van der Waals surface area (Å²) in [6.07, 6.45) is 5.31. The number of nitrogens with zero attached hydrogens (tertiary/aromatic N) is 3. The molecule has 1 saturated carbocycles. The number of carbonyl (C=O) groups excluding carboxylic acids is 1. The Bertz CT molecular complexity index is 1130. The average Bonchev–Trinajstić information content (AvgIpc) is 3.48.